The molecule has 124 valence electrons. The van der Waals surface area contributed by atoms with Crippen molar-refractivity contribution in [3.05, 3.63) is 35.2 Å². The van der Waals surface area contributed by atoms with Crippen LogP contribution in [0.4, 0.5) is 9.18 Å². The smallest absolute Gasteiger partial charge is 0.411 e. The second-order valence-electron chi connectivity index (χ2n) is 6.42. The van der Waals surface area contributed by atoms with E-state index in [2.05, 4.69) is 0 Å². The van der Waals surface area contributed by atoms with E-state index in [9.17, 15) is 14.0 Å². The third-order valence-corrected chi connectivity index (χ3v) is 3.50. The van der Waals surface area contributed by atoms with Crippen molar-refractivity contribution in [3.8, 4) is 5.75 Å². The molecule has 1 atom stereocenters. The van der Waals surface area contributed by atoms with Crippen molar-refractivity contribution >= 4 is 12.0 Å². The number of nitrogens with zero attached hydrogens (tertiary/aromatic N) is 1. The Morgan fingerprint density at radius 1 is 1.39 bits per heavy atom. The molecule has 1 aliphatic rings. The summed E-state index contributed by atoms with van der Waals surface area (Å²) in [5, 5.41) is 0. The predicted octanol–water partition coefficient (Wildman–Crippen LogP) is 3.27. The summed E-state index contributed by atoms with van der Waals surface area (Å²) in [6, 6.07) is 3.58. The lowest BCUT2D eigenvalue weighted by molar-refractivity contribution is 0.0226. The Bertz CT molecular complexity index is 659. The van der Waals surface area contributed by atoms with Gasteiger partial charge in [0.1, 0.15) is 23.1 Å². The zero-order valence-electron chi connectivity index (χ0n) is 13.7. The highest BCUT2D eigenvalue weighted by molar-refractivity contribution is 5.72. The van der Waals surface area contributed by atoms with Crippen LogP contribution in [-0.4, -0.2) is 36.2 Å². The molecule has 0 aromatic heterocycles. The molecule has 0 N–H and O–H groups in total. The third-order valence-electron chi connectivity index (χ3n) is 3.50. The molecule has 5 nitrogen and oxygen atoms in total. The summed E-state index contributed by atoms with van der Waals surface area (Å²) in [4.78, 5) is 24.8. The molecule has 1 aromatic rings. The van der Waals surface area contributed by atoms with Crippen molar-refractivity contribution in [1.29, 1.82) is 0 Å². The molecule has 1 fully saturated rings. The number of ether oxygens (including phenoxy) is 2. The Balaban J connectivity index is 2.40. The fourth-order valence-corrected chi connectivity index (χ4v) is 2.55. The molecule has 0 aliphatic carbocycles. The first-order valence-corrected chi connectivity index (χ1v) is 7.31. The fraction of sp³-hybridized carbons (Fsp3) is 0.471. The summed E-state index contributed by atoms with van der Waals surface area (Å²) in [7, 11) is 1.47. The zero-order valence-corrected chi connectivity index (χ0v) is 13.7. The first-order chi connectivity index (χ1) is 10.7. The van der Waals surface area contributed by atoms with Gasteiger partial charge >= 0.3 is 6.09 Å². The van der Waals surface area contributed by atoms with Crippen LogP contribution in [0.5, 0.6) is 5.75 Å². The van der Waals surface area contributed by atoms with E-state index in [-0.39, 0.29) is 13.0 Å². The van der Waals surface area contributed by atoms with Crippen LogP contribution in [0.1, 0.15) is 38.8 Å². The van der Waals surface area contributed by atoms with E-state index in [0.717, 1.165) is 0 Å². The number of hydrogen-bond acceptors (Lipinski definition) is 4. The Kier molecular flexibility index (Phi) is 4.76. The quantitative estimate of drug-likeness (QED) is 0.785. The molecule has 2 rings (SSSR count). The molecule has 23 heavy (non-hydrogen) atoms. The Hall–Kier alpha value is -2.33. The van der Waals surface area contributed by atoms with Crippen molar-refractivity contribution in [2.75, 3.05) is 13.7 Å². The van der Waals surface area contributed by atoms with Gasteiger partial charge in [-0.3, -0.25) is 4.90 Å². The molecule has 0 spiro atoms. The molecular weight excluding hydrogens is 301 g/mol. The molecule has 1 amide bonds. The number of methoxy groups -OCH3 is 1. The minimum absolute atomic E-state index is 0.114. The molecule has 1 aliphatic heterocycles. The van der Waals surface area contributed by atoms with Gasteiger partial charge in [0.15, 0.2) is 0 Å². The van der Waals surface area contributed by atoms with E-state index in [1.54, 1.807) is 20.8 Å². The first-order valence-electron chi connectivity index (χ1n) is 7.31. The highest BCUT2D eigenvalue weighted by Crippen LogP contribution is 2.39. The van der Waals surface area contributed by atoms with Crippen LogP contribution < -0.4 is 4.74 Å². The van der Waals surface area contributed by atoms with Gasteiger partial charge < -0.3 is 9.47 Å². The van der Waals surface area contributed by atoms with E-state index in [1.807, 2.05) is 5.94 Å². The maximum absolute atomic E-state index is 13.6. The minimum Gasteiger partial charge on any atom is -0.496 e. The van der Waals surface area contributed by atoms with Crippen molar-refractivity contribution in [3.63, 3.8) is 0 Å². The summed E-state index contributed by atoms with van der Waals surface area (Å²) in [5.74, 6) is 1.87. The largest absolute Gasteiger partial charge is 0.496 e. The van der Waals surface area contributed by atoms with Gasteiger partial charge in [0.2, 0.25) is 0 Å². The highest BCUT2D eigenvalue weighted by atomic mass is 19.1. The molecule has 1 aromatic carbocycles. The number of carbonyl (C=O) groups is 1. The van der Waals surface area contributed by atoms with Crippen LogP contribution in [0.3, 0.4) is 0 Å². The van der Waals surface area contributed by atoms with E-state index >= 15 is 0 Å². The van der Waals surface area contributed by atoms with Crippen LogP contribution in [0, 0.1) is 5.82 Å². The minimum atomic E-state index is -0.665. The van der Waals surface area contributed by atoms with Crippen LogP contribution >= 0.6 is 0 Å². The summed E-state index contributed by atoms with van der Waals surface area (Å²) >= 11 is 0. The standard InChI is InChI=1S/C17H20FNO4/c1-17(2,3)23-16(21)19-9-11(10-20)7-14(19)13-8-12(18)5-6-15(13)22-4/h5-6,8,14H,7,9H2,1-4H3. The topological polar surface area (TPSA) is 55.8 Å². The maximum Gasteiger partial charge on any atom is 0.411 e. The SMILES string of the molecule is COc1ccc(F)cc1C1CC(=C=O)CN1C(=O)OC(C)(C)C. The zero-order chi connectivity index (χ0) is 17.2. The van der Waals surface area contributed by atoms with Gasteiger partial charge in [-0.25, -0.2) is 14.0 Å². The molecule has 1 heterocycles. The van der Waals surface area contributed by atoms with E-state index in [1.165, 1.54) is 30.2 Å². The van der Waals surface area contributed by atoms with E-state index < -0.39 is 23.6 Å². The Morgan fingerprint density at radius 3 is 2.65 bits per heavy atom. The van der Waals surface area contributed by atoms with Crippen molar-refractivity contribution in [1.82, 2.24) is 4.90 Å². The number of hydrogen-bond donors (Lipinski definition) is 0. The molecule has 6 heteroatoms. The Labute approximate surface area is 134 Å². The lowest BCUT2D eigenvalue weighted by Gasteiger charge is -2.29. The van der Waals surface area contributed by atoms with Gasteiger partial charge in [-0.2, -0.15) is 0 Å². The number of benzene rings is 1. The van der Waals surface area contributed by atoms with E-state index in [0.29, 0.717) is 16.9 Å². The molecule has 1 saturated heterocycles. The average Bonchev–Trinajstić information content (AvgIpc) is 2.89. The van der Waals surface area contributed by atoms with Gasteiger partial charge in [0.25, 0.3) is 0 Å². The van der Waals surface area contributed by atoms with E-state index in [4.69, 9.17) is 9.47 Å². The van der Waals surface area contributed by atoms with Crippen LogP contribution in [0.15, 0.2) is 23.8 Å². The summed E-state index contributed by atoms with van der Waals surface area (Å²) in [6.45, 7) is 5.39. The van der Waals surface area contributed by atoms with Crippen molar-refractivity contribution in [2.24, 2.45) is 0 Å². The first kappa shape index (κ1) is 17.0. The van der Waals surface area contributed by atoms with Gasteiger partial charge in [0.05, 0.1) is 19.7 Å². The normalized spacial score (nSPS) is 17.9. The van der Waals surface area contributed by atoms with Crippen LogP contribution in [-0.2, 0) is 9.53 Å². The Morgan fingerprint density at radius 2 is 2.09 bits per heavy atom. The molecule has 0 radical (unpaired) electrons. The summed E-state index contributed by atoms with van der Waals surface area (Å²) < 4.78 is 24.3. The van der Waals surface area contributed by atoms with Crippen molar-refractivity contribution < 1.29 is 23.5 Å². The molecule has 1 unspecified atom stereocenters. The lowest BCUT2D eigenvalue weighted by atomic mass is 10.0. The number of rotatable bonds is 2. The van der Waals surface area contributed by atoms with Gasteiger partial charge in [-0.15, -0.1) is 0 Å². The summed E-state index contributed by atoms with van der Waals surface area (Å²) in [5.41, 5.74) is 0.275. The summed E-state index contributed by atoms with van der Waals surface area (Å²) in [6.07, 6.45) is -0.276. The fourth-order valence-electron chi connectivity index (χ4n) is 2.55. The third kappa shape index (κ3) is 3.90. The molecular formula is C17H20FNO4. The van der Waals surface area contributed by atoms with Crippen molar-refractivity contribution in [2.45, 2.75) is 38.8 Å². The second-order valence-corrected chi connectivity index (χ2v) is 6.42. The lowest BCUT2D eigenvalue weighted by Crippen LogP contribution is -2.36. The molecule has 0 saturated carbocycles. The average molecular weight is 321 g/mol. The number of likely N-dealkylation sites (tertiary alicyclic amines) is 1. The highest BCUT2D eigenvalue weighted by Gasteiger charge is 2.37. The van der Waals surface area contributed by atoms with Gasteiger partial charge in [0, 0.05) is 17.6 Å². The van der Waals surface area contributed by atoms with Gasteiger partial charge in [-0.1, -0.05) is 0 Å². The predicted molar refractivity (Wildman–Crippen MR) is 82.5 cm³/mol. The monoisotopic (exact) mass is 321 g/mol. The number of amides is 1. The van der Waals surface area contributed by atoms with Crippen LogP contribution in [0.25, 0.3) is 0 Å². The number of carbonyl (C=O) groups excluding carboxylic acids is 2. The molecule has 0 bridgehead atoms. The maximum atomic E-state index is 13.6. The van der Waals surface area contributed by atoms with Gasteiger partial charge in [-0.05, 0) is 39.0 Å². The van der Waals surface area contributed by atoms with Crippen LogP contribution in [0.2, 0.25) is 0 Å². The number of halogens is 1. The second kappa shape index (κ2) is 6.42.